The highest BCUT2D eigenvalue weighted by Crippen LogP contribution is 2.19. The Hall–Kier alpha value is -2.50. The first-order valence-electron chi connectivity index (χ1n) is 7.00. The maximum Gasteiger partial charge on any atom is 0.278 e. The van der Waals surface area contributed by atoms with Gasteiger partial charge in [-0.3, -0.25) is 9.48 Å². The summed E-state index contributed by atoms with van der Waals surface area (Å²) in [5.74, 6) is -0.302. The largest absolute Gasteiger partial charge is 0.396 e. The Kier molecular flexibility index (Phi) is 4.47. The number of benzene rings is 1. The van der Waals surface area contributed by atoms with Crippen LogP contribution in [0.1, 0.15) is 24.3 Å². The van der Waals surface area contributed by atoms with Crippen LogP contribution in [0.15, 0.2) is 30.5 Å². The zero-order chi connectivity index (χ0) is 15.4. The van der Waals surface area contributed by atoms with Crippen molar-refractivity contribution in [2.75, 3.05) is 29.0 Å². The molecule has 0 atom stereocenters. The molecule has 0 radical (unpaired) electrons. The quantitative estimate of drug-likeness (QED) is 0.883. The molecule has 0 aliphatic carbocycles. The van der Waals surface area contributed by atoms with Crippen molar-refractivity contribution in [2.45, 2.75) is 13.8 Å². The zero-order valence-corrected chi connectivity index (χ0v) is 12.6. The Morgan fingerprint density at radius 1 is 1.29 bits per heavy atom. The van der Waals surface area contributed by atoms with Crippen LogP contribution in [-0.2, 0) is 7.05 Å². The third-order valence-corrected chi connectivity index (χ3v) is 3.33. The number of carbonyl (C=O) groups is 1. The summed E-state index contributed by atoms with van der Waals surface area (Å²) < 4.78 is 1.52. The molecule has 1 heterocycles. The molecule has 0 aliphatic heterocycles. The molecule has 0 saturated carbocycles. The Labute approximate surface area is 124 Å². The third-order valence-electron chi connectivity index (χ3n) is 3.33. The van der Waals surface area contributed by atoms with E-state index in [0.717, 1.165) is 24.5 Å². The number of nitrogens with zero attached hydrogens (tertiary/aromatic N) is 3. The monoisotopic (exact) mass is 287 g/mol. The molecule has 0 unspecified atom stereocenters. The van der Waals surface area contributed by atoms with Gasteiger partial charge in [0, 0.05) is 37.7 Å². The second-order valence-corrected chi connectivity index (χ2v) is 4.78. The van der Waals surface area contributed by atoms with Crippen molar-refractivity contribution in [1.29, 1.82) is 0 Å². The first-order valence-corrected chi connectivity index (χ1v) is 7.00. The minimum absolute atomic E-state index is 0.241. The van der Waals surface area contributed by atoms with E-state index in [1.54, 1.807) is 13.2 Å². The summed E-state index contributed by atoms with van der Waals surface area (Å²) in [5, 5.41) is 6.85. The number of carbonyl (C=O) groups excluding carboxylic acids is 1. The molecular weight excluding hydrogens is 266 g/mol. The lowest BCUT2D eigenvalue weighted by atomic mass is 10.2. The molecule has 21 heavy (non-hydrogen) atoms. The highest BCUT2D eigenvalue weighted by atomic mass is 16.2. The molecule has 0 fully saturated rings. The van der Waals surface area contributed by atoms with Gasteiger partial charge in [-0.15, -0.1) is 0 Å². The van der Waals surface area contributed by atoms with Gasteiger partial charge in [-0.1, -0.05) is 0 Å². The first kappa shape index (κ1) is 14.9. The van der Waals surface area contributed by atoms with E-state index in [9.17, 15) is 4.79 Å². The van der Waals surface area contributed by atoms with Gasteiger partial charge in [-0.05, 0) is 38.1 Å². The van der Waals surface area contributed by atoms with Crippen molar-refractivity contribution in [1.82, 2.24) is 9.78 Å². The molecule has 6 heteroatoms. The van der Waals surface area contributed by atoms with Crippen LogP contribution in [0, 0.1) is 0 Å². The molecule has 112 valence electrons. The summed E-state index contributed by atoms with van der Waals surface area (Å²) >= 11 is 0. The molecular formula is C15H21N5O. The van der Waals surface area contributed by atoms with Crippen molar-refractivity contribution in [3.8, 4) is 0 Å². The SMILES string of the molecule is CCN(CC)c1ccc(NC(=O)c2nn(C)cc2N)cc1. The van der Waals surface area contributed by atoms with Crippen LogP contribution in [-0.4, -0.2) is 28.8 Å². The van der Waals surface area contributed by atoms with Crippen LogP contribution in [0.25, 0.3) is 0 Å². The number of nitrogens with one attached hydrogen (secondary N) is 1. The Balaban J connectivity index is 2.10. The topological polar surface area (TPSA) is 76.2 Å². The van der Waals surface area contributed by atoms with Gasteiger partial charge in [0.2, 0.25) is 0 Å². The second kappa shape index (κ2) is 6.30. The molecule has 2 aromatic rings. The summed E-state index contributed by atoms with van der Waals surface area (Å²) in [6.45, 7) is 6.13. The molecule has 1 aromatic heterocycles. The van der Waals surface area contributed by atoms with Crippen LogP contribution in [0.2, 0.25) is 0 Å². The van der Waals surface area contributed by atoms with E-state index in [1.807, 2.05) is 24.3 Å². The summed E-state index contributed by atoms with van der Waals surface area (Å²) in [7, 11) is 1.73. The number of anilines is 3. The van der Waals surface area contributed by atoms with E-state index in [-0.39, 0.29) is 11.6 Å². The van der Waals surface area contributed by atoms with E-state index in [4.69, 9.17) is 5.73 Å². The number of amides is 1. The van der Waals surface area contributed by atoms with Crippen LogP contribution in [0.4, 0.5) is 17.1 Å². The molecule has 0 aliphatic rings. The Morgan fingerprint density at radius 3 is 2.38 bits per heavy atom. The molecule has 0 spiro atoms. The average Bonchev–Trinajstić information content (AvgIpc) is 2.81. The summed E-state index contributed by atoms with van der Waals surface area (Å²) in [4.78, 5) is 14.3. The van der Waals surface area contributed by atoms with Crippen LogP contribution < -0.4 is 16.0 Å². The normalized spacial score (nSPS) is 10.4. The van der Waals surface area contributed by atoms with Crippen molar-refractivity contribution in [3.05, 3.63) is 36.2 Å². The van der Waals surface area contributed by atoms with Gasteiger partial charge in [0.25, 0.3) is 5.91 Å². The average molecular weight is 287 g/mol. The standard InChI is InChI=1S/C15H21N5O/c1-4-20(5-2)12-8-6-11(7-9-12)17-15(21)14-13(16)10-19(3)18-14/h6-10H,4-5,16H2,1-3H3,(H,17,21). The number of rotatable bonds is 5. The van der Waals surface area contributed by atoms with E-state index in [0.29, 0.717) is 5.69 Å². The maximum atomic E-state index is 12.1. The first-order chi connectivity index (χ1) is 10.0. The van der Waals surface area contributed by atoms with Crippen molar-refractivity contribution in [2.24, 2.45) is 7.05 Å². The number of aromatic nitrogens is 2. The van der Waals surface area contributed by atoms with Gasteiger partial charge in [0.1, 0.15) is 0 Å². The van der Waals surface area contributed by atoms with Crippen LogP contribution in [0.5, 0.6) is 0 Å². The third kappa shape index (κ3) is 3.34. The maximum absolute atomic E-state index is 12.1. The fourth-order valence-corrected chi connectivity index (χ4v) is 2.22. The van der Waals surface area contributed by atoms with Crippen molar-refractivity contribution in [3.63, 3.8) is 0 Å². The minimum Gasteiger partial charge on any atom is -0.396 e. The zero-order valence-electron chi connectivity index (χ0n) is 12.6. The van der Waals surface area contributed by atoms with Gasteiger partial charge in [-0.25, -0.2) is 0 Å². The van der Waals surface area contributed by atoms with Gasteiger partial charge in [-0.2, -0.15) is 5.10 Å². The van der Waals surface area contributed by atoms with Gasteiger partial charge in [0.15, 0.2) is 5.69 Å². The molecule has 1 amide bonds. The fraction of sp³-hybridized carbons (Fsp3) is 0.333. The smallest absolute Gasteiger partial charge is 0.278 e. The number of hydrogen-bond acceptors (Lipinski definition) is 4. The molecule has 3 N–H and O–H groups in total. The lowest BCUT2D eigenvalue weighted by molar-refractivity contribution is 0.102. The molecule has 2 rings (SSSR count). The summed E-state index contributed by atoms with van der Waals surface area (Å²) in [5.41, 5.74) is 8.21. The highest BCUT2D eigenvalue weighted by Gasteiger charge is 2.14. The minimum atomic E-state index is -0.302. The van der Waals surface area contributed by atoms with Gasteiger partial charge < -0.3 is 16.0 Å². The van der Waals surface area contributed by atoms with Gasteiger partial charge >= 0.3 is 0 Å². The predicted octanol–water partition coefficient (Wildman–Crippen LogP) is 2.10. The number of nitrogens with two attached hydrogens (primary N) is 1. The molecule has 1 aromatic carbocycles. The van der Waals surface area contributed by atoms with Crippen molar-refractivity contribution >= 4 is 23.0 Å². The second-order valence-electron chi connectivity index (χ2n) is 4.78. The van der Waals surface area contributed by atoms with Crippen LogP contribution in [0.3, 0.4) is 0 Å². The van der Waals surface area contributed by atoms with E-state index < -0.39 is 0 Å². The number of nitrogen functional groups attached to an aromatic ring is 1. The predicted molar refractivity (Wildman–Crippen MR) is 85.6 cm³/mol. The number of aryl methyl sites for hydroxylation is 1. The Morgan fingerprint density at radius 2 is 1.90 bits per heavy atom. The molecule has 0 saturated heterocycles. The van der Waals surface area contributed by atoms with E-state index in [1.165, 1.54) is 4.68 Å². The van der Waals surface area contributed by atoms with Gasteiger partial charge in [0.05, 0.1) is 5.69 Å². The number of hydrogen-bond donors (Lipinski definition) is 2. The van der Waals surface area contributed by atoms with E-state index in [2.05, 4.69) is 29.2 Å². The lowest BCUT2D eigenvalue weighted by Gasteiger charge is -2.21. The van der Waals surface area contributed by atoms with E-state index >= 15 is 0 Å². The lowest BCUT2D eigenvalue weighted by Crippen LogP contribution is -2.21. The fourth-order valence-electron chi connectivity index (χ4n) is 2.22. The van der Waals surface area contributed by atoms with Crippen LogP contribution >= 0.6 is 0 Å². The summed E-state index contributed by atoms with van der Waals surface area (Å²) in [6.07, 6.45) is 1.61. The summed E-state index contributed by atoms with van der Waals surface area (Å²) in [6, 6.07) is 7.74. The highest BCUT2D eigenvalue weighted by molar-refractivity contribution is 6.06. The van der Waals surface area contributed by atoms with Crippen molar-refractivity contribution < 1.29 is 4.79 Å². The molecule has 6 nitrogen and oxygen atoms in total. The Bertz CT molecular complexity index is 613. The molecule has 0 bridgehead atoms.